The Morgan fingerprint density at radius 1 is 1.23 bits per heavy atom. The van der Waals surface area contributed by atoms with Crippen molar-refractivity contribution >= 4 is 17.3 Å². The van der Waals surface area contributed by atoms with Crippen molar-refractivity contribution in [1.29, 1.82) is 0 Å². The fraction of sp³-hybridized carbons (Fsp3) is 0.350. The third-order valence-corrected chi connectivity index (χ3v) is 4.32. The number of nitrogens with one attached hydrogen (secondary N) is 1. The number of ether oxygens (including phenoxy) is 2. The van der Waals surface area contributed by atoms with Crippen LogP contribution in [0.2, 0.25) is 0 Å². The summed E-state index contributed by atoms with van der Waals surface area (Å²) in [6.45, 7) is -0.327. The van der Waals surface area contributed by atoms with Gasteiger partial charge in [0.1, 0.15) is 0 Å². The number of halogens is 2. The van der Waals surface area contributed by atoms with E-state index in [4.69, 9.17) is 4.74 Å². The number of carbonyl (C=O) groups excluding carboxylic acids is 1. The van der Waals surface area contributed by atoms with Crippen molar-refractivity contribution in [2.45, 2.75) is 26.5 Å². The van der Waals surface area contributed by atoms with Crippen LogP contribution in [0.3, 0.4) is 0 Å². The number of nitro groups is 1. The summed E-state index contributed by atoms with van der Waals surface area (Å²) in [5.74, 6) is -0.130. The molecule has 1 N–H and O–H groups in total. The first kappa shape index (κ1) is 23.0. The minimum Gasteiger partial charge on any atom is -0.493 e. The molecule has 8 nitrogen and oxygen atoms in total. The van der Waals surface area contributed by atoms with Gasteiger partial charge in [0.05, 0.1) is 17.7 Å². The Labute approximate surface area is 172 Å². The lowest BCUT2D eigenvalue weighted by molar-refractivity contribution is -0.384. The molecule has 10 heteroatoms. The number of rotatable bonds is 10. The summed E-state index contributed by atoms with van der Waals surface area (Å²) in [7, 11) is 3.17. The Bertz CT molecular complexity index is 908. The van der Waals surface area contributed by atoms with Crippen LogP contribution in [0.25, 0.3) is 0 Å². The molecule has 162 valence electrons. The minimum absolute atomic E-state index is 0.0504. The highest BCUT2D eigenvalue weighted by molar-refractivity contribution is 5.92. The van der Waals surface area contributed by atoms with Gasteiger partial charge in [-0.1, -0.05) is 12.1 Å². The molecule has 0 aliphatic heterocycles. The van der Waals surface area contributed by atoms with E-state index >= 15 is 0 Å². The van der Waals surface area contributed by atoms with Crippen molar-refractivity contribution in [2.24, 2.45) is 0 Å². The summed E-state index contributed by atoms with van der Waals surface area (Å²) in [6, 6.07) is 8.93. The molecule has 0 bridgehead atoms. The van der Waals surface area contributed by atoms with Crippen LogP contribution in [0.4, 0.5) is 20.2 Å². The second-order valence-electron chi connectivity index (χ2n) is 6.66. The summed E-state index contributed by atoms with van der Waals surface area (Å²) >= 11 is 0. The van der Waals surface area contributed by atoms with Crippen molar-refractivity contribution in [2.75, 3.05) is 26.0 Å². The lowest BCUT2D eigenvalue weighted by atomic mass is 10.1. The molecule has 2 aromatic rings. The van der Waals surface area contributed by atoms with E-state index in [9.17, 15) is 23.7 Å². The van der Waals surface area contributed by atoms with Crippen molar-refractivity contribution < 1.29 is 28.0 Å². The first-order valence-corrected chi connectivity index (χ1v) is 9.04. The molecule has 1 amide bonds. The molecule has 30 heavy (non-hydrogen) atoms. The quantitative estimate of drug-likeness (QED) is 0.459. The van der Waals surface area contributed by atoms with E-state index in [1.165, 1.54) is 25.3 Å². The maximum absolute atomic E-state index is 12.4. The lowest BCUT2D eigenvalue weighted by Crippen LogP contribution is -2.24. The predicted octanol–water partition coefficient (Wildman–Crippen LogP) is 3.97. The van der Waals surface area contributed by atoms with E-state index in [1.807, 2.05) is 11.9 Å². The van der Waals surface area contributed by atoms with Crippen LogP contribution in [0.1, 0.15) is 17.5 Å². The summed E-state index contributed by atoms with van der Waals surface area (Å²) in [5, 5.41) is 13.6. The predicted molar refractivity (Wildman–Crippen MR) is 107 cm³/mol. The van der Waals surface area contributed by atoms with E-state index in [-0.39, 0.29) is 29.5 Å². The largest absolute Gasteiger partial charge is 0.493 e. The molecule has 0 radical (unpaired) electrons. The van der Waals surface area contributed by atoms with Crippen molar-refractivity contribution in [3.8, 4) is 11.5 Å². The first-order valence-electron chi connectivity index (χ1n) is 9.04. The monoisotopic (exact) mass is 423 g/mol. The van der Waals surface area contributed by atoms with Crippen LogP contribution < -0.4 is 14.8 Å². The zero-order chi connectivity index (χ0) is 22.3. The second-order valence-corrected chi connectivity index (χ2v) is 6.66. The van der Waals surface area contributed by atoms with Gasteiger partial charge in [0, 0.05) is 31.6 Å². The molecule has 0 aliphatic carbocycles. The normalized spacial score (nSPS) is 10.9. The number of aryl methyl sites for hydroxylation is 1. The maximum Gasteiger partial charge on any atom is 0.387 e. The molecule has 0 saturated carbocycles. The molecular formula is C20H23F2N3O5. The summed E-state index contributed by atoms with van der Waals surface area (Å²) < 4.78 is 34.3. The van der Waals surface area contributed by atoms with Crippen LogP contribution in [-0.2, 0) is 11.3 Å². The van der Waals surface area contributed by atoms with Crippen molar-refractivity contribution in [3.63, 3.8) is 0 Å². The van der Waals surface area contributed by atoms with E-state index < -0.39 is 11.5 Å². The molecule has 0 saturated heterocycles. The van der Waals surface area contributed by atoms with Gasteiger partial charge in [0.2, 0.25) is 5.91 Å². The SMILES string of the molecule is COc1cc(CN(C)CCC(=O)Nc2cc([N+](=O)[O-])ccc2C)ccc1OC(F)F. The zero-order valence-electron chi connectivity index (χ0n) is 16.9. The average molecular weight is 423 g/mol. The van der Waals surface area contributed by atoms with Gasteiger partial charge in [0.25, 0.3) is 5.69 Å². The highest BCUT2D eigenvalue weighted by Crippen LogP contribution is 2.29. The minimum atomic E-state index is -2.94. The average Bonchev–Trinajstić information content (AvgIpc) is 2.68. The van der Waals surface area contributed by atoms with E-state index in [2.05, 4.69) is 10.1 Å². The molecule has 0 spiro atoms. The highest BCUT2D eigenvalue weighted by Gasteiger charge is 2.14. The van der Waals surface area contributed by atoms with Crippen molar-refractivity contribution in [3.05, 3.63) is 57.6 Å². The summed E-state index contributed by atoms with van der Waals surface area (Å²) in [6.07, 6.45) is 0.169. The number of amides is 1. The number of benzene rings is 2. The maximum atomic E-state index is 12.4. The fourth-order valence-corrected chi connectivity index (χ4v) is 2.76. The number of nitro benzene ring substituents is 1. The van der Waals surface area contributed by atoms with Crippen LogP contribution in [0, 0.1) is 17.0 Å². The fourth-order valence-electron chi connectivity index (χ4n) is 2.76. The third-order valence-electron chi connectivity index (χ3n) is 4.32. The molecular weight excluding hydrogens is 400 g/mol. The van der Waals surface area contributed by atoms with Crippen molar-refractivity contribution in [1.82, 2.24) is 4.90 Å². The van der Waals surface area contributed by atoms with Crippen LogP contribution in [0.5, 0.6) is 11.5 Å². The number of non-ortho nitro benzene ring substituents is 1. The number of methoxy groups -OCH3 is 1. The van der Waals surface area contributed by atoms with Gasteiger partial charge in [-0.15, -0.1) is 0 Å². The summed E-state index contributed by atoms with van der Waals surface area (Å²) in [4.78, 5) is 24.5. The standard InChI is InChI=1S/C20H23F2N3O5/c1-13-4-6-15(25(27)28)11-16(13)23-19(26)8-9-24(2)12-14-5-7-17(30-20(21)22)18(10-14)29-3/h4-7,10-11,20H,8-9,12H2,1-3H3,(H,23,26). The Morgan fingerprint density at radius 2 is 1.97 bits per heavy atom. The molecule has 0 fully saturated rings. The molecule has 0 aliphatic rings. The molecule has 2 aromatic carbocycles. The van der Waals surface area contributed by atoms with Gasteiger partial charge in [0.15, 0.2) is 11.5 Å². The van der Waals surface area contributed by atoms with Crippen LogP contribution in [0.15, 0.2) is 36.4 Å². The van der Waals surface area contributed by atoms with Gasteiger partial charge in [-0.05, 0) is 37.2 Å². The van der Waals surface area contributed by atoms with Gasteiger partial charge >= 0.3 is 6.61 Å². The van der Waals surface area contributed by atoms with Gasteiger partial charge in [-0.25, -0.2) is 0 Å². The number of hydrogen-bond donors (Lipinski definition) is 1. The Hall–Kier alpha value is -3.27. The number of carbonyl (C=O) groups is 1. The second kappa shape index (κ2) is 10.5. The highest BCUT2D eigenvalue weighted by atomic mass is 19.3. The van der Waals surface area contributed by atoms with Crippen LogP contribution in [-0.4, -0.2) is 43.0 Å². The van der Waals surface area contributed by atoms with E-state index in [1.54, 1.807) is 25.1 Å². The number of alkyl halides is 2. The lowest BCUT2D eigenvalue weighted by Gasteiger charge is -2.18. The molecule has 0 atom stereocenters. The third kappa shape index (κ3) is 6.66. The zero-order valence-corrected chi connectivity index (χ0v) is 16.9. The molecule has 2 rings (SSSR count). The van der Waals surface area contributed by atoms with Gasteiger partial charge in [-0.2, -0.15) is 8.78 Å². The van der Waals surface area contributed by atoms with E-state index in [0.717, 1.165) is 11.1 Å². The topological polar surface area (TPSA) is 93.9 Å². The smallest absolute Gasteiger partial charge is 0.387 e. The number of nitrogens with zero attached hydrogens (tertiary/aromatic N) is 2. The molecule has 0 unspecified atom stereocenters. The summed E-state index contributed by atoms with van der Waals surface area (Å²) in [5.41, 5.74) is 1.82. The van der Waals surface area contributed by atoms with Gasteiger partial charge < -0.3 is 19.7 Å². The Morgan fingerprint density at radius 3 is 2.60 bits per heavy atom. The van der Waals surface area contributed by atoms with E-state index in [0.29, 0.717) is 18.8 Å². The molecule has 0 heterocycles. The number of hydrogen-bond acceptors (Lipinski definition) is 6. The molecule has 0 aromatic heterocycles. The number of anilines is 1. The first-order chi connectivity index (χ1) is 14.2. The Balaban J connectivity index is 1.91. The Kier molecular flexibility index (Phi) is 8.05. The van der Waals surface area contributed by atoms with Crippen LogP contribution >= 0.6 is 0 Å². The van der Waals surface area contributed by atoms with Gasteiger partial charge in [-0.3, -0.25) is 14.9 Å².